The third kappa shape index (κ3) is 4.23. The summed E-state index contributed by atoms with van der Waals surface area (Å²) in [6.07, 6.45) is 4.33. The van der Waals surface area contributed by atoms with E-state index in [-0.39, 0.29) is 5.91 Å². The number of imidazole rings is 1. The van der Waals surface area contributed by atoms with Crippen molar-refractivity contribution in [3.8, 4) is 17.1 Å². The second-order valence-corrected chi connectivity index (χ2v) is 8.19. The van der Waals surface area contributed by atoms with Crippen LogP contribution in [0.15, 0.2) is 40.2 Å². The number of hydrogen-bond donors (Lipinski definition) is 0. The van der Waals surface area contributed by atoms with Gasteiger partial charge in [0, 0.05) is 19.2 Å². The molecule has 0 N–H and O–H groups in total. The van der Waals surface area contributed by atoms with Gasteiger partial charge in [-0.05, 0) is 31.4 Å². The molecule has 1 aliphatic heterocycles. The molecule has 31 heavy (non-hydrogen) atoms. The number of benzene rings is 1. The summed E-state index contributed by atoms with van der Waals surface area (Å²) in [5, 5.41) is 0. The van der Waals surface area contributed by atoms with Crippen LogP contribution in [0.4, 0.5) is 5.69 Å². The molecule has 4 rings (SSSR count). The Hall–Kier alpha value is -3.42. The first-order chi connectivity index (χ1) is 14.9. The summed E-state index contributed by atoms with van der Waals surface area (Å²) >= 11 is 0. The Labute approximate surface area is 181 Å². The highest BCUT2D eigenvalue weighted by atomic mass is 16.5. The zero-order valence-corrected chi connectivity index (χ0v) is 18.5. The number of amides is 1. The number of aryl methyl sites for hydroxylation is 1. The minimum Gasteiger partial charge on any atom is -0.496 e. The summed E-state index contributed by atoms with van der Waals surface area (Å²) in [6.45, 7) is 8.70. The van der Waals surface area contributed by atoms with Crippen LogP contribution in [0, 0.1) is 12.8 Å². The lowest BCUT2D eigenvalue weighted by Gasteiger charge is -2.28. The number of methoxy groups -OCH3 is 1. The molecule has 0 unspecified atom stereocenters. The van der Waals surface area contributed by atoms with Gasteiger partial charge in [-0.2, -0.15) is 0 Å². The summed E-state index contributed by atoms with van der Waals surface area (Å²) in [7, 11) is 1.62. The van der Waals surface area contributed by atoms with Crippen LogP contribution in [0.25, 0.3) is 11.3 Å². The van der Waals surface area contributed by atoms with Crippen molar-refractivity contribution >= 4 is 17.3 Å². The molecule has 1 aliphatic rings. The van der Waals surface area contributed by atoms with Crippen molar-refractivity contribution in [3.63, 3.8) is 0 Å². The Kier molecular flexibility index (Phi) is 5.63. The first-order valence-corrected chi connectivity index (χ1v) is 10.3. The van der Waals surface area contributed by atoms with E-state index in [1.807, 2.05) is 35.9 Å². The average Bonchev–Trinajstić information content (AvgIpc) is 3.32. The van der Waals surface area contributed by atoms with E-state index in [1.165, 1.54) is 6.39 Å². The molecule has 2 aromatic heterocycles. The molecule has 0 aliphatic carbocycles. The second kappa shape index (κ2) is 8.37. The lowest BCUT2D eigenvalue weighted by molar-refractivity contribution is -0.129. The number of fused-ring (bicyclic) bond motifs is 1. The topological polar surface area (TPSA) is 85.8 Å². The number of aromatic nitrogens is 3. The first-order valence-electron chi connectivity index (χ1n) is 10.3. The average molecular weight is 422 g/mol. The van der Waals surface area contributed by atoms with Crippen LogP contribution in [0.1, 0.15) is 38.0 Å². The standard InChI is InChI=1S/C23H27N5O3/c1-14(2)8-18-10-28-13-27(16(4)29)11-20(23(28)26-18)25-17-6-7-19(21(9-17)30-5)22-15(3)24-12-31-22/h6-7,9-10,12,14H,8,11,13H2,1-5H3. The predicted molar refractivity (Wildman–Crippen MR) is 118 cm³/mol. The van der Waals surface area contributed by atoms with E-state index in [0.29, 0.717) is 30.6 Å². The number of carbonyl (C=O) groups excluding carboxylic acids is 1. The Balaban J connectivity index is 1.74. The monoisotopic (exact) mass is 421 g/mol. The number of ether oxygens (including phenoxy) is 1. The summed E-state index contributed by atoms with van der Waals surface area (Å²) < 4.78 is 13.1. The Morgan fingerprint density at radius 1 is 1.35 bits per heavy atom. The van der Waals surface area contributed by atoms with Crippen molar-refractivity contribution in [2.24, 2.45) is 10.9 Å². The van der Waals surface area contributed by atoms with Gasteiger partial charge >= 0.3 is 0 Å². The molecule has 0 saturated carbocycles. The van der Waals surface area contributed by atoms with Gasteiger partial charge in [0.25, 0.3) is 0 Å². The lowest BCUT2D eigenvalue weighted by Crippen LogP contribution is -2.41. The molecular weight excluding hydrogens is 394 g/mol. The van der Waals surface area contributed by atoms with Crippen molar-refractivity contribution in [1.82, 2.24) is 19.4 Å². The van der Waals surface area contributed by atoms with Gasteiger partial charge in [0.05, 0.1) is 43.0 Å². The molecular formula is C23H27N5O3. The van der Waals surface area contributed by atoms with E-state index < -0.39 is 0 Å². The van der Waals surface area contributed by atoms with Crippen molar-refractivity contribution < 1.29 is 13.9 Å². The fourth-order valence-corrected chi connectivity index (χ4v) is 3.76. The van der Waals surface area contributed by atoms with Crippen molar-refractivity contribution in [2.45, 2.75) is 40.8 Å². The molecule has 0 spiro atoms. The number of nitrogens with zero attached hydrogens (tertiary/aromatic N) is 5. The van der Waals surface area contributed by atoms with Crippen LogP contribution in [-0.2, 0) is 17.9 Å². The van der Waals surface area contributed by atoms with Crippen LogP contribution in [0.5, 0.6) is 5.75 Å². The molecule has 3 heterocycles. The summed E-state index contributed by atoms with van der Waals surface area (Å²) in [4.78, 5) is 27.7. The van der Waals surface area contributed by atoms with Gasteiger partial charge in [-0.3, -0.25) is 4.79 Å². The number of oxazole rings is 1. The zero-order chi connectivity index (χ0) is 22.1. The minimum absolute atomic E-state index is 0.00572. The molecule has 0 saturated heterocycles. The maximum atomic E-state index is 12.1. The SMILES string of the molecule is COc1cc(N=C2CN(C(C)=O)Cn3cc(CC(C)C)nc32)ccc1-c1ocnc1C. The smallest absolute Gasteiger partial charge is 0.221 e. The predicted octanol–water partition coefficient (Wildman–Crippen LogP) is 3.99. The Morgan fingerprint density at radius 2 is 2.16 bits per heavy atom. The maximum absolute atomic E-state index is 12.1. The van der Waals surface area contributed by atoms with E-state index in [0.717, 1.165) is 40.6 Å². The summed E-state index contributed by atoms with van der Waals surface area (Å²) in [6, 6.07) is 5.68. The third-order valence-electron chi connectivity index (χ3n) is 5.25. The molecule has 0 fully saturated rings. The van der Waals surface area contributed by atoms with E-state index in [9.17, 15) is 4.79 Å². The van der Waals surface area contributed by atoms with Crippen LogP contribution in [-0.4, -0.2) is 44.7 Å². The van der Waals surface area contributed by atoms with Crippen LogP contribution in [0.2, 0.25) is 0 Å². The largest absolute Gasteiger partial charge is 0.496 e. The van der Waals surface area contributed by atoms with E-state index in [1.54, 1.807) is 18.9 Å². The highest BCUT2D eigenvalue weighted by molar-refractivity contribution is 6.03. The molecule has 8 nitrogen and oxygen atoms in total. The van der Waals surface area contributed by atoms with Gasteiger partial charge < -0.3 is 18.6 Å². The number of rotatable bonds is 5. The van der Waals surface area contributed by atoms with Crippen molar-refractivity contribution in [2.75, 3.05) is 13.7 Å². The lowest BCUT2D eigenvalue weighted by atomic mass is 10.1. The first kappa shape index (κ1) is 20.8. The highest BCUT2D eigenvalue weighted by Crippen LogP contribution is 2.35. The van der Waals surface area contributed by atoms with Gasteiger partial charge in [0.2, 0.25) is 5.91 Å². The van der Waals surface area contributed by atoms with Crippen molar-refractivity contribution in [1.29, 1.82) is 0 Å². The van der Waals surface area contributed by atoms with Crippen LogP contribution in [0.3, 0.4) is 0 Å². The Morgan fingerprint density at radius 3 is 2.81 bits per heavy atom. The molecule has 1 aromatic carbocycles. The summed E-state index contributed by atoms with van der Waals surface area (Å²) in [5.74, 6) is 2.63. The van der Waals surface area contributed by atoms with E-state index >= 15 is 0 Å². The molecule has 162 valence electrons. The van der Waals surface area contributed by atoms with E-state index in [4.69, 9.17) is 19.1 Å². The molecule has 0 bridgehead atoms. The quantitative estimate of drug-likeness (QED) is 0.622. The van der Waals surface area contributed by atoms with Gasteiger partial charge in [0.15, 0.2) is 18.0 Å². The maximum Gasteiger partial charge on any atom is 0.221 e. The fraction of sp³-hybridized carbons (Fsp3) is 0.391. The molecule has 3 aromatic rings. The normalized spacial score (nSPS) is 14.9. The van der Waals surface area contributed by atoms with Crippen LogP contribution >= 0.6 is 0 Å². The Bertz CT molecular complexity index is 1140. The summed E-state index contributed by atoms with van der Waals surface area (Å²) in [5.41, 5.74) is 4.09. The second-order valence-electron chi connectivity index (χ2n) is 8.19. The molecule has 0 atom stereocenters. The number of aliphatic imine (C=N–C) groups is 1. The number of carbonyl (C=O) groups is 1. The van der Waals surface area contributed by atoms with Gasteiger partial charge in [-0.1, -0.05) is 13.8 Å². The van der Waals surface area contributed by atoms with Crippen LogP contribution < -0.4 is 4.74 Å². The molecule has 1 amide bonds. The zero-order valence-electron chi connectivity index (χ0n) is 18.5. The highest BCUT2D eigenvalue weighted by Gasteiger charge is 2.26. The molecule has 8 heteroatoms. The van der Waals surface area contributed by atoms with E-state index in [2.05, 4.69) is 18.8 Å². The number of hydrogen-bond acceptors (Lipinski definition) is 6. The third-order valence-corrected chi connectivity index (χ3v) is 5.25. The van der Waals surface area contributed by atoms with Gasteiger partial charge in [0.1, 0.15) is 11.5 Å². The van der Waals surface area contributed by atoms with Gasteiger partial charge in [-0.25, -0.2) is 15.0 Å². The van der Waals surface area contributed by atoms with Crippen molar-refractivity contribution in [3.05, 3.63) is 48.0 Å². The molecule has 0 radical (unpaired) electrons. The minimum atomic E-state index is 0.00572. The fourth-order valence-electron chi connectivity index (χ4n) is 3.76. The van der Waals surface area contributed by atoms with Gasteiger partial charge in [-0.15, -0.1) is 0 Å².